The van der Waals surface area contributed by atoms with Crippen molar-refractivity contribution in [3.05, 3.63) is 29.8 Å². The molecule has 1 fully saturated rings. The number of rotatable bonds is 5. The van der Waals surface area contributed by atoms with Crippen molar-refractivity contribution in [2.24, 2.45) is 0 Å². The average Bonchev–Trinajstić information content (AvgIpc) is 2.44. The molecule has 102 valence electrons. The number of piperidine rings is 1. The second-order valence-corrected chi connectivity index (χ2v) is 5.24. The minimum atomic E-state index is 0.228. The summed E-state index contributed by atoms with van der Waals surface area (Å²) >= 11 is 0. The predicted octanol–water partition coefficient (Wildman–Crippen LogP) is 3.14. The van der Waals surface area contributed by atoms with Crippen LogP contribution in [0.2, 0.25) is 0 Å². The fraction of sp³-hybridized carbons (Fsp3) is 0.562. The van der Waals surface area contributed by atoms with Gasteiger partial charge in [-0.05, 0) is 50.6 Å². The quantitative estimate of drug-likeness (QED) is 0.814. The summed E-state index contributed by atoms with van der Waals surface area (Å²) in [6.07, 6.45) is 4.35. The minimum Gasteiger partial charge on any atom is -0.492 e. The van der Waals surface area contributed by atoms with Crippen LogP contribution < -0.4 is 4.74 Å². The van der Waals surface area contributed by atoms with Crippen molar-refractivity contribution in [2.75, 3.05) is 19.7 Å². The van der Waals surface area contributed by atoms with Gasteiger partial charge in [-0.25, -0.2) is 0 Å². The molecule has 1 unspecified atom stereocenters. The summed E-state index contributed by atoms with van der Waals surface area (Å²) in [7, 11) is 0. The molecule has 1 aromatic carbocycles. The van der Waals surface area contributed by atoms with E-state index in [0.717, 1.165) is 18.8 Å². The monoisotopic (exact) mass is 258 g/mol. The van der Waals surface area contributed by atoms with Crippen LogP contribution in [0.15, 0.2) is 24.3 Å². The second-order valence-electron chi connectivity index (χ2n) is 5.24. The molecule has 0 radical (unpaired) electrons. The molecule has 1 saturated heterocycles. The highest BCUT2D eigenvalue weighted by atomic mass is 16.5. The third kappa shape index (κ3) is 4.25. The molecule has 0 bridgehead atoms. The van der Waals surface area contributed by atoms with Crippen LogP contribution in [-0.4, -0.2) is 30.6 Å². The van der Waals surface area contributed by atoms with Crippen LogP contribution in [0.1, 0.15) is 31.2 Å². The molecule has 1 heterocycles. The molecule has 3 heteroatoms. The van der Waals surface area contributed by atoms with Gasteiger partial charge in [-0.15, -0.1) is 0 Å². The first-order valence-electron chi connectivity index (χ1n) is 7.10. The fourth-order valence-corrected chi connectivity index (χ4v) is 2.58. The molecule has 1 atom stereocenters. The Labute approximate surface area is 115 Å². The highest BCUT2D eigenvalue weighted by molar-refractivity contribution is 5.27. The number of hydrogen-bond donors (Lipinski definition) is 0. The van der Waals surface area contributed by atoms with E-state index in [9.17, 15) is 0 Å². The maximum atomic E-state index is 8.98. The van der Waals surface area contributed by atoms with E-state index in [0.29, 0.717) is 13.0 Å². The highest BCUT2D eigenvalue weighted by Crippen LogP contribution is 2.17. The molecule has 2 rings (SSSR count). The van der Waals surface area contributed by atoms with Crippen molar-refractivity contribution in [3.63, 3.8) is 0 Å². The molecule has 1 aromatic rings. The Hall–Kier alpha value is -1.53. The number of benzene rings is 1. The highest BCUT2D eigenvalue weighted by Gasteiger charge is 2.21. The molecule has 3 nitrogen and oxygen atoms in total. The van der Waals surface area contributed by atoms with E-state index in [1.54, 1.807) is 0 Å². The van der Waals surface area contributed by atoms with Crippen LogP contribution in [0.4, 0.5) is 0 Å². The molecule has 0 saturated carbocycles. The first-order valence-corrected chi connectivity index (χ1v) is 7.10. The summed E-state index contributed by atoms with van der Waals surface area (Å²) in [5.41, 5.74) is 1.20. The van der Waals surface area contributed by atoms with Gasteiger partial charge in [-0.1, -0.05) is 18.6 Å². The van der Waals surface area contributed by atoms with Gasteiger partial charge in [0.1, 0.15) is 12.4 Å². The van der Waals surface area contributed by atoms with Crippen LogP contribution in [0.5, 0.6) is 5.75 Å². The maximum Gasteiger partial charge on any atom is 0.119 e. The molecule has 1 aliphatic heterocycles. The zero-order valence-electron chi connectivity index (χ0n) is 11.6. The van der Waals surface area contributed by atoms with Gasteiger partial charge >= 0.3 is 0 Å². The third-order valence-electron chi connectivity index (χ3n) is 3.67. The van der Waals surface area contributed by atoms with Gasteiger partial charge in [-0.3, -0.25) is 4.90 Å². The van der Waals surface area contributed by atoms with Gasteiger partial charge in [0.05, 0.1) is 18.5 Å². The average molecular weight is 258 g/mol. The van der Waals surface area contributed by atoms with Gasteiger partial charge in [-0.2, -0.15) is 5.26 Å². The molecular weight excluding hydrogens is 236 g/mol. The topological polar surface area (TPSA) is 36.3 Å². The Balaban J connectivity index is 1.91. The van der Waals surface area contributed by atoms with Crippen LogP contribution in [-0.2, 0) is 0 Å². The van der Waals surface area contributed by atoms with Crippen molar-refractivity contribution in [1.82, 2.24) is 4.90 Å². The summed E-state index contributed by atoms with van der Waals surface area (Å²) in [5, 5.41) is 8.98. The van der Waals surface area contributed by atoms with Gasteiger partial charge < -0.3 is 4.74 Å². The lowest BCUT2D eigenvalue weighted by molar-refractivity contribution is 0.116. The van der Waals surface area contributed by atoms with Crippen molar-refractivity contribution in [2.45, 2.75) is 38.6 Å². The number of nitriles is 1. The van der Waals surface area contributed by atoms with Crippen molar-refractivity contribution >= 4 is 0 Å². The molecule has 19 heavy (non-hydrogen) atoms. The molecule has 0 aromatic heterocycles. The summed E-state index contributed by atoms with van der Waals surface area (Å²) < 4.78 is 5.86. The van der Waals surface area contributed by atoms with E-state index < -0.39 is 0 Å². The number of aryl methyl sites for hydroxylation is 1. The SMILES string of the molecule is Cc1cccc(OCC(CC#N)N2CCCCC2)c1. The van der Waals surface area contributed by atoms with Gasteiger partial charge in [0.25, 0.3) is 0 Å². The summed E-state index contributed by atoms with van der Waals surface area (Å²) in [5.74, 6) is 0.903. The van der Waals surface area contributed by atoms with E-state index in [4.69, 9.17) is 10.00 Å². The van der Waals surface area contributed by atoms with Crippen LogP contribution in [0.25, 0.3) is 0 Å². The lowest BCUT2D eigenvalue weighted by atomic mass is 10.1. The Kier molecular flexibility index (Phi) is 5.23. The number of likely N-dealkylation sites (tertiary alicyclic amines) is 1. The van der Waals surface area contributed by atoms with Crippen LogP contribution in [0.3, 0.4) is 0 Å². The lowest BCUT2D eigenvalue weighted by Crippen LogP contribution is -2.42. The van der Waals surface area contributed by atoms with Crippen LogP contribution >= 0.6 is 0 Å². The van der Waals surface area contributed by atoms with E-state index in [2.05, 4.69) is 24.0 Å². The minimum absolute atomic E-state index is 0.228. The van der Waals surface area contributed by atoms with Crippen molar-refractivity contribution in [1.29, 1.82) is 5.26 Å². The second kappa shape index (κ2) is 7.16. The molecule has 0 N–H and O–H groups in total. The normalized spacial score (nSPS) is 17.7. The summed E-state index contributed by atoms with van der Waals surface area (Å²) in [6, 6.07) is 10.6. The Morgan fingerprint density at radius 2 is 2.11 bits per heavy atom. The molecular formula is C16H22N2O. The third-order valence-corrected chi connectivity index (χ3v) is 3.67. The van der Waals surface area contributed by atoms with E-state index in [1.165, 1.54) is 24.8 Å². The van der Waals surface area contributed by atoms with Gasteiger partial charge in [0.2, 0.25) is 0 Å². The Morgan fingerprint density at radius 3 is 2.79 bits per heavy atom. The Bertz CT molecular complexity index is 433. The molecule has 0 spiro atoms. The van der Waals surface area contributed by atoms with E-state index >= 15 is 0 Å². The number of nitrogens with zero attached hydrogens (tertiary/aromatic N) is 2. The zero-order valence-corrected chi connectivity index (χ0v) is 11.6. The lowest BCUT2D eigenvalue weighted by Gasteiger charge is -2.33. The largest absolute Gasteiger partial charge is 0.492 e. The van der Waals surface area contributed by atoms with Crippen molar-refractivity contribution < 1.29 is 4.74 Å². The van der Waals surface area contributed by atoms with E-state index in [-0.39, 0.29) is 6.04 Å². The fourth-order valence-electron chi connectivity index (χ4n) is 2.58. The van der Waals surface area contributed by atoms with Gasteiger partial charge in [0, 0.05) is 0 Å². The molecule has 0 amide bonds. The molecule has 0 aliphatic carbocycles. The summed E-state index contributed by atoms with van der Waals surface area (Å²) in [6.45, 7) is 4.87. The summed E-state index contributed by atoms with van der Waals surface area (Å²) in [4.78, 5) is 2.41. The van der Waals surface area contributed by atoms with E-state index in [1.807, 2.05) is 18.2 Å². The predicted molar refractivity (Wildman–Crippen MR) is 76.1 cm³/mol. The molecule has 1 aliphatic rings. The number of ether oxygens (including phenoxy) is 1. The standard InChI is InChI=1S/C16H22N2O/c1-14-6-5-7-16(12-14)19-13-15(8-9-17)18-10-3-2-4-11-18/h5-7,12,15H,2-4,8,10-11,13H2,1H3. The zero-order chi connectivity index (χ0) is 13.5. The van der Waals surface area contributed by atoms with Gasteiger partial charge in [0.15, 0.2) is 0 Å². The maximum absolute atomic E-state index is 8.98. The van der Waals surface area contributed by atoms with Crippen molar-refractivity contribution in [3.8, 4) is 11.8 Å². The first kappa shape index (κ1) is 13.9. The first-order chi connectivity index (χ1) is 9.29. The smallest absolute Gasteiger partial charge is 0.119 e. The number of hydrogen-bond acceptors (Lipinski definition) is 3. The Morgan fingerprint density at radius 1 is 1.32 bits per heavy atom. The van der Waals surface area contributed by atoms with Crippen LogP contribution in [0, 0.1) is 18.3 Å².